The van der Waals surface area contributed by atoms with Crippen LogP contribution < -0.4 is 0 Å². The summed E-state index contributed by atoms with van der Waals surface area (Å²) in [7, 11) is 0. The third-order valence-corrected chi connectivity index (χ3v) is 5.24. The Morgan fingerprint density at radius 3 is 2.59 bits per heavy atom. The fourth-order valence-corrected chi connectivity index (χ4v) is 3.83. The van der Waals surface area contributed by atoms with Crippen molar-refractivity contribution in [1.29, 1.82) is 0 Å². The molecule has 4 nitrogen and oxygen atoms in total. The van der Waals surface area contributed by atoms with Crippen LogP contribution in [0.3, 0.4) is 0 Å². The predicted octanol–water partition coefficient (Wildman–Crippen LogP) is 5.62. The third-order valence-electron chi connectivity index (χ3n) is 4.95. The van der Waals surface area contributed by atoms with Gasteiger partial charge in [0.15, 0.2) is 4.77 Å². The number of hydrogen-bond acceptors (Lipinski definition) is 3. The summed E-state index contributed by atoms with van der Waals surface area (Å²) in [5, 5.41) is 10.9. The van der Waals surface area contributed by atoms with Crippen molar-refractivity contribution in [2.75, 3.05) is 0 Å². The number of aromatic amines is 1. The second-order valence-corrected chi connectivity index (χ2v) is 6.90. The predicted molar refractivity (Wildman–Crippen MR) is 114 cm³/mol. The third kappa shape index (κ3) is 2.94. The lowest BCUT2D eigenvalue weighted by molar-refractivity contribution is 0.440. The highest BCUT2D eigenvalue weighted by Crippen LogP contribution is 2.37. The Morgan fingerprint density at radius 2 is 1.81 bits per heavy atom. The van der Waals surface area contributed by atoms with Gasteiger partial charge in [0, 0.05) is 17.4 Å². The summed E-state index contributed by atoms with van der Waals surface area (Å²) in [6.45, 7) is 4.22. The lowest BCUT2D eigenvalue weighted by Crippen LogP contribution is -1.98. The zero-order valence-corrected chi connectivity index (χ0v) is 16.2. The van der Waals surface area contributed by atoms with E-state index in [0.29, 0.717) is 10.5 Å². The first-order valence-electron chi connectivity index (χ1n) is 9.14. The van der Waals surface area contributed by atoms with Gasteiger partial charge < -0.3 is 10.1 Å². The number of rotatable bonds is 4. The maximum atomic E-state index is 10.9. The molecule has 2 heterocycles. The highest BCUT2D eigenvalue weighted by Gasteiger charge is 2.18. The van der Waals surface area contributed by atoms with Crippen LogP contribution in [0.15, 0.2) is 47.5 Å². The Hall–Kier alpha value is -2.92. The molecule has 0 radical (unpaired) electrons. The van der Waals surface area contributed by atoms with Crippen LogP contribution in [0.1, 0.15) is 36.2 Å². The second-order valence-electron chi connectivity index (χ2n) is 6.51. The molecule has 0 bridgehead atoms. The van der Waals surface area contributed by atoms with E-state index in [-0.39, 0.29) is 5.88 Å². The molecule has 1 aliphatic heterocycles. The van der Waals surface area contributed by atoms with Crippen molar-refractivity contribution in [2.45, 2.75) is 26.7 Å². The molecule has 136 valence electrons. The quantitative estimate of drug-likeness (QED) is 0.581. The van der Waals surface area contributed by atoms with Crippen LogP contribution in [0.25, 0.3) is 17.3 Å². The molecule has 2 N–H and O–H groups in total. The Morgan fingerprint density at radius 1 is 1.07 bits per heavy atom. The average Bonchev–Trinajstić information content (AvgIpc) is 3.22. The minimum Gasteiger partial charge on any atom is -0.493 e. The first-order chi connectivity index (χ1) is 13.1. The summed E-state index contributed by atoms with van der Waals surface area (Å²) < 4.78 is 2.16. The Kier molecular flexibility index (Phi) is 4.54. The number of aromatic nitrogens is 2. The minimum absolute atomic E-state index is 0.113. The maximum Gasteiger partial charge on any atom is 0.222 e. The summed E-state index contributed by atoms with van der Waals surface area (Å²) in [4.78, 5) is 7.71. The number of aliphatic imine (C=N–C) groups is 1. The second kappa shape index (κ2) is 7.00. The van der Waals surface area contributed by atoms with Gasteiger partial charge in [-0.05, 0) is 48.3 Å². The number of nitrogens with one attached hydrogen (secondary N) is 1. The van der Waals surface area contributed by atoms with Gasteiger partial charge in [0.05, 0.1) is 11.4 Å². The lowest BCUT2D eigenvalue weighted by Gasteiger charge is -2.09. The van der Waals surface area contributed by atoms with Crippen molar-refractivity contribution in [1.82, 2.24) is 9.55 Å². The van der Waals surface area contributed by atoms with Gasteiger partial charge in [0.2, 0.25) is 5.88 Å². The molecule has 5 heteroatoms. The van der Waals surface area contributed by atoms with Crippen molar-refractivity contribution < 1.29 is 5.11 Å². The van der Waals surface area contributed by atoms with E-state index in [0.717, 1.165) is 40.9 Å². The van der Waals surface area contributed by atoms with E-state index in [4.69, 9.17) is 12.2 Å². The van der Waals surface area contributed by atoms with Gasteiger partial charge in [-0.15, -0.1) is 0 Å². The van der Waals surface area contributed by atoms with Crippen LogP contribution in [0.2, 0.25) is 0 Å². The number of benzene rings is 2. The van der Waals surface area contributed by atoms with Gasteiger partial charge in [0.25, 0.3) is 0 Å². The first-order valence-corrected chi connectivity index (χ1v) is 9.55. The van der Waals surface area contributed by atoms with Crippen LogP contribution in [0, 0.1) is 4.77 Å². The summed E-state index contributed by atoms with van der Waals surface area (Å²) in [6.07, 6.45) is 5.55. The van der Waals surface area contributed by atoms with Crippen molar-refractivity contribution in [3.8, 4) is 11.6 Å². The van der Waals surface area contributed by atoms with Crippen molar-refractivity contribution >= 4 is 35.8 Å². The molecule has 27 heavy (non-hydrogen) atoms. The largest absolute Gasteiger partial charge is 0.493 e. The molecule has 0 fully saturated rings. The van der Waals surface area contributed by atoms with Crippen LogP contribution in [-0.2, 0) is 12.8 Å². The normalized spacial score (nSPS) is 14.1. The van der Waals surface area contributed by atoms with Crippen molar-refractivity contribution in [2.24, 2.45) is 4.99 Å². The minimum atomic E-state index is 0.113. The number of fused-ring (bicyclic) bond motifs is 1. The highest BCUT2D eigenvalue weighted by atomic mass is 32.1. The molecule has 1 aliphatic rings. The molecule has 2 aromatic carbocycles. The van der Waals surface area contributed by atoms with E-state index in [1.807, 2.05) is 42.6 Å². The molecule has 1 aromatic heterocycles. The van der Waals surface area contributed by atoms with Gasteiger partial charge >= 0.3 is 0 Å². The van der Waals surface area contributed by atoms with Crippen molar-refractivity contribution in [3.63, 3.8) is 0 Å². The van der Waals surface area contributed by atoms with Crippen LogP contribution in [0.5, 0.6) is 5.88 Å². The van der Waals surface area contributed by atoms with E-state index in [1.165, 1.54) is 5.56 Å². The van der Waals surface area contributed by atoms with Gasteiger partial charge in [0.1, 0.15) is 5.69 Å². The van der Waals surface area contributed by atoms with Gasteiger partial charge in [-0.1, -0.05) is 50.2 Å². The Labute approximate surface area is 163 Å². The number of aryl methyl sites for hydroxylation is 2. The maximum absolute atomic E-state index is 10.9. The fourth-order valence-electron chi connectivity index (χ4n) is 3.53. The fraction of sp³-hybridized carbons (Fsp3) is 0.182. The summed E-state index contributed by atoms with van der Waals surface area (Å²) in [5.74, 6) is 0.113. The molecular formula is C22H21N3OS. The van der Waals surface area contributed by atoms with E-state index >= 15 is 0 Å². The molecule has 4 rings (SSSR count). The zero-order valence-electron chi connectivity index (χ0n) is 15.4. The van der Waals surface area contributed by atoms with E-state index in [9.17, 15) is 5.11 Å². The lowest BCUT2D eigenvalue weighted by atomic mass is 10.0. The SMILES string of the molecule is CCc1ccccc1-n1c(O)c(/C=C2\C=Nc3c(CC)cccc32)[nH]c1=S. The van der Waals surface area contributed by atoms with Crippen LogP contribution in [-0.4, -0.2) is 20.9 Å². The van der Waals surface area contributed by atoms with Crippen LogP contribution >= 0.6 is 12.2 Å². The number of H-pyrrole nitrogens is 1. The number of hydrogen-bond donors (Lipinski definition) is 2. The molecule has 0 saturated heterocycles. The van der Waals surface area contributed by atoms with E-state index in [1.54, 1.807) is 4.57 Å². The molecule has 3 aromatic rings. The Balaban J connectivity index is 1.82. The number of aromatic hydroxyl groups is 1. The molecule has 0 amide bonds. The van der Waals surface area contributed by atoms with Gasteiger partial charge in [-0.2, -0.15) is 0 Å². The number of imidazole rings is 1. The summed E-state index contributed by atoms with van der Waals surface area (Å²) in [5.41, 5.74) is 6.89. The zero-order chi connectivity index (χ0) is 19.0. The average molecular weight is 375 g/mol. The molecule has 0 spiro atoms. The molecular weight excluding hydrogens is 354 g/mol. The Bertz CT molecular complexity index is 1130. The smallest absolute Gasteiger partial charge is 0.222 e. The van der Waals surface area contributed by atoms with Gasteiger partial charge in [-0.3, -0.25) is 9.56 Å². The highest BCUT2D eigenvalue weighted by molar-refractivity contribution is 7.71. The molecule has 0 atom stereocenters. The monoisotopic (exact) mass is 375 g/mol. The standard InChI is InChI=1S/C22H21N3OS/c1-3-14-8-5-6-11-19(14)25-21(26)18(24-22(25)27)12-16-13-23-20-15(4-2)9-7-10-17(16)20/h5-13,26H,3-4H2,1-2H3,(H,24,27)/b16-12+. The number of allylic oxidation sites excluding steroid dienone is 1. The van der Waals surface area contributed by atoms with E-state index < -0.39 is 0 Å². The first kappa shape index (κ1) is 17.5. The molecule has 0 unspecified atom stereocenters. The molecule has 0 saturated carbocycles. The number of para-hydroxylation sites is 2. The summed E-state index contributed by atoms with van der Waals surface area (Å²) >= 11 is 5.49. The van der Waals surface area contributed by atoms with Crippen LogP contribution in [0.4, 0.5) is 5.69 Å². The topological polar surface area (TPSA) is 53.3 Å². The number of nitrogens with zero attached hydrogens (tertiary/aromatic N) is 2. The van der Waals surface area contributed by atoms with Crippen molar-refractivity contribution in [3.05, 3.63) is 69.6 Å². The van der Waals surface area contributed by atoms with E-state index in [2.05, 4.69) is 36.0 Å². The summed E-state index contributed by atoms with van der Waals surface area (Å²) in [6, 6.07) is 14.2. The molecule has 0 aliphatic carbocycles. The van der Waals surface area contributed by atoms with Gasteiger partial charge in [-0.25, -0.2) is 0 Å².